The maximum absolute atomic E-state index is 12.4. The molecule has 142 valence electrons. The second-order valence-corrected chi connectivity index (χ2v) is 7.32. The molecule has 2 aliphatic rings. The van der Waals surface area contributed by atoms with Gasteiger partial charge in [0.15, 0.2) is 5.78 Å². The standard InChI is InChI=1S/C19H28N4O3/c1-14(2)21-8-10-22(11-9-21)19(25)26-17-6-7-23(13-17)18-5-4-16(12-20-18)15(3)24/h4-5,12,14,17H,6-11,13H2,1-3H3. The van der Waals surface area contributed by atoms with Gasteiger partial charge in [0, 0.05) is 56.9 Å². The third kappa shape index (κ3) is 4.33. The first-order valence-electron chi connectivity index (χ1n) is 9.35. The number of piperazine rings is 1. The first kappa shape index (κ1) is 18.6. The van der Waals surface area contributed by atoms with Gasteiger partial charge >= 0.3 is 6.09 Å². The average Bonchev–Trinajstić information content (AvgIpc) is 3.10. The second kappa shape index (κ2) is 8.03. The van der Waals surface area contributed by atoms with Gasteiger partial charge in [0.1, 0.15) is 11.9 Å². The number of ketones is 1. The summed E-state index contributed by atoms with van der Waals surface area (Å²) >= 11 is 0. The number of hydrogen-bond donors (Lipinski definition) is 0. The zero-order valence-electron chi connectivity index (χ0n) is 15.9. The topological polar surface area (TPSA) is 66.0 Å². The molecule has 3 rings (SSSR count). The number of hydrogen-bond acceptors (Lipinski definition) is 6. The number of rotatable bonds is 4. The maximum atomic E-state index is 12.4. The van der Waals surface area contributed by atoms with Crippen molar-refractivity contribution in [3.63, 3.8) is 0 Å². The molecule has 2 saturated heterocycles. The highest BCUT2D eigenvalue weighted by atomic mass is 16.6. The summed E-state index contributed by atoms with van der Waals surface area (Å²) in [6.45, 7) is 10.6. The Bertz CT molecular complexity index is 639. The van der Waals surface area contributed by atoms with Crippen LogP contribution in [0.2, 0.25) is 0 Å². The van der Waals surface area contributed by atoms with Crippen LogP contribution in [0.4, 0.5) is 10.6 Å². The average molecular weight is 360 g/mol. The summed E-state index contributed by atoms with van der Waals surface area (Å²) in [7, 11) is 0. The zero-order chi connectivity index (χ0) is 18.7. The summed E-state index contributed by atoms with van der Waals surface area (Å²) in [4.78, 5) is 34.4. The van der Waals surface area contributed by atoms with E-state index in [0.717, 1.165) is 45.0 Å². The van der Waals surface area contributed by atoms with Crippen LogP contribution in [0.1, 0.15) is 37.6 Å². The molecule has 2 fully saturated rings. The summed E-state index contributed by atoms with van der Waals surface area (Å²) < 4.78 is 5.71. The van der Waals surface area contributed by atoms with Gasteiger partial charge in [-0.05, 0) is 32.9 Å². The molecule has 7 heteroatoms. The third-order valence-corrected chi connectivity index (χ3v) is 5.19. The molecule has 0 N–H and O–H groups in total. The Labute approximate surface area is 154 Å². The van der Waals surface area contributed by atoms with E-state index in [1.165, 1.54) is 6.92 Å². The fourth-order valence-corrected chi connectivity index (χ4v) is 3.45. The zero-order valence-corrected chi connectivity index (χ0v) is 15.9. The number of nitrogens with zero attached hydrogens (tertiary/aromatic N) is 4. The Kier molecular flexibility index (Phi) is 5.76. The van der Waals surface area contributed by atoms with E-state index < -0.39 is 0 Å². The number of pyridine rings is 1. The van der Waals surface area contributed by atoms with Crippen molar-refractivity contribution in [3.8, 4) is 0 Å². The molecule has 0 spiro atoms. The minimum atomic E-state index is -0.208. The Morgan fingerprint density at radius 3 is 2.46 bits per heavy atom. The number of aromatic nitrogens is 1. The van der Waals surface area contributed by atoms with Gasteiger partial charge in [-0.1, -0.05) is 0 Å². The highest BCUT2D eigenvalue weighted by molar-refractivity contribution is 5.93. The van der Waals surface area contributed by atoms with Gasteiger partial charge in [-0.3, -0.25) is 9.69 Å². The van der Waals surface area contributed by atoms with E-state index in [4.69, 9.17) is 4.74 Å². The Morgan fingerprint density at radius 2 is 1.88 bits per heavy atom. The van der Waals surface area contributed by atoms with E-state index in [9.17, 15) is 9.59 Å². The number of amides is 1. The normalized spacial score (nSPS) is 21.3. The molecule has 2 aliphatic heterocycles. The van der Waals surface area contributed by atoms with Gasteiger partial charge in [-0.15, -0.1) is 0 Å². The first-order valence-corrected chi connectivity index (χ1v) is 9.35. The second-order valence-electron chi connectivity index (χ2n) is 7.32. The summed E-state index contributed by atoms with van der Waals surface area (Å²) in [5.74, 6) is 0.828. The van der Waals surface area contributed by atoms with Crippen molar-refractivity contribution in [2.75, 3.05) is 44.2 Å². The fraction of sp³-hybridized carbons (Fsp3) is 0.632. The fourth-order valence-electron chi connectivity index (χ4n) is 3.45. The van der Waals surface area contributed by atoms with E-state index in [1.807, 2.05) is 6.07 Å². The maximum Gasteiger partial charge on any atom is 0.410 e. The van der Waals surface area contributed by atoms with E-state index in [2.05, 4.69) is 28.6 Å². The van der Waals surface area contributed by atoms with E-state index in [-0.39, 0.29) is 18.0 Å². The lowest BCUT2D eigenvalue weighted by Crippen LogP contribution is -2.51. The van der Waals surface area contributed by atoms with Crippen LogP contribution >= 0.6 is 0 Å². The molecule has 0 aromatic carbocycles. The van der Waals surface area contributed by atoms with Crippen LogP contribution < -0.4 is 4.90 Å². The number of carbonyl (C=O) groups is 2. The van der Waals surface area contributed by atoms with E-state index >= 15 is 0 Å². The van der Waals surface area contributed by atoms with Crippen LogP contribution in [0.25, 0.3) is 0 Å². The first-order chi connectivity index (χ1) is 12.4. The van der Waals surface area contributed by atoms with E-state index in [1.54, 1.807) is 17.2 Å². The number of carbonyl (C=O) groups excluding carboxylic acids is 2. The van der Waals surface area contributed by atoms with Crippen LogP contribution in [-0.2, 0) is 4.74 Å². The highest BCUT2D eigenvalue weighted by Gasteiger charge is 2.30. The third-order valence-electron chi connectivity index (χ3n) is 5.19. The highest BCUT2D eigenvalue weighted by Crippen LogP contribution is 2.21. The molecule has 0 radical (unpaired) electrons. The lowest BCUT2D eigenvalue weighted by molar-refractivity contribution is 0.0474. The molecule has 1 amide bonds. The van der Waals surface area contributed by atoms with Gasteiger partial charge in [0.25, 0.3) is 0 Å². The molecule has 0 saturated carbocycles. The number of Topliss-reactive ketones (excluding diaryl/α,β-unsaturated/α-hetero) is 1. The molecular formula is C19H28N4O3. The minimum Gasteiger partial charge on any atom is -0.444 e. The van der Waals surface area contributed by atoms with Crippen molar-refractivity contribution in [1.29, 1.82) is 0 Å². The molecule has 1 atom stereocenters. The molecular weight excluding hydrogens is 332 g/mol. The van der Waals surface area contributed by atoms with Gasteiger partial charge in [-0.2, -0.15) is 0 Å². The number of anilines is 1. The number of ether oxygens (including phenoxy) is 1. The molecule has 0 aliphatic carbocycles. The van der Waals surface area contributed by atoms with Crippen molar-refractivity contribution < 1.29 is 14.3 Å². The molecule has 1 aromatic rings. The summed E-state index contributed by atoms with van der Waals surface area (Å²) in [5, 5.41) is 0. The van der Waals surface area contributed by atoms with E-state index in [0.29, 0.717) is 18.2 Å². The molecule has 26 heavy (non-hydrogen) atoms. The monoisotopic (exact) mass is 360 g/mol. The molecule has 0 bridgehead atoms. The van der Waals surface area contributed by atoms with Gasteiger partial charge in [-0.25, -0.2) is 9.78 Å². The lowest BCUT2D eigenvalue weighted by Gasteiger charge is -2.36. The van der Waals surface area contributed by atoms with Crippen LogP contribution in [0.5, 0.6) is 0 Å². The predicted molar refractivity (Wildman–Crippen MR) is 99.6 cm³/mol. The van der Waals surface area contributed by atoms with Crippen molar-refractivity contribution in [1.82, 2.24) is 14.8 Å². The molecule has 1 aromatic heterocycles. The molecule has 1 unspecified atom stereocenters. The quantitative estimate of drug-likeness (QED) is 0.766. The van der Waals surface area contributed by atoms with Gasteiger partial charge in [0.2, 0.25) is 0 Å². The Balaban J connectivity index is 1.48. The summed E-state index contributed by atoms with van der Waals surface area (Å²) in [6.07, 6.45) is 2.08. The smallest absolute Gasteiger partial charge is 0.410 e. The molecule has 7 nitrogen and oxygen atoms in total. The van der Waals surface area contributed by atoms with Crippen LogP contribution in [-0.4, -0.2) is 78.1 Å². The predicted octanol–water partition coefficient (Wildman–Crippen LogP) is 2.03. The SMILES string of the molecule is CC(=O)c1ccc(N2CCC(OC(=O)N3CCN(C(C)C)CC3)C2)nc1. The lowest BCUT2D eigenvalue weighted by atomic mass is 10.2. The van der Waals surface area contributed by atoms with Crippen molar-refractivity contribution in [2.45, 2.75) is 39.3 Å². The Morgan fingerprint density at radius 1 is 1.15 bits per heavy atom. The van der Waals surface area contributed by atoms with Crippen molar-refractivity contribution in [2.24, 2.45) is 0 Å². The van der Waals surface area contributed by atoms with Gasteiger partial charge in [0.05, 0.1) is 6.54 Å². The van der Waals surface area contributed by atoms with Gasteiger partial charge < -0.3 is 14.5 Å². The minimum absolute atomic E-state index is 0.00911. The van der Waals surface area contributed by atoms with Crippen molar-refractivity contribution >= 4 is 17.7 Å². The van der Waals surface area contributed by atoms with Crippen LogP contribution in [0.15, 0.2) is 18.3 Å². The van der Waals surface area contributed by atoms with Crippen molar-refractivity contribution in [3.05, 3.63) is 23.9 Å². The molecule has 3 heterocycles. The Hall–Kier alpha value is -2.15. The van der Waals surface area contributed by atoms with Crippen LogP contribution in [0.3, 0.4) is 0 Å². The largest absolute Gasteiger partial charge is 0.444 e. The summed E-state index contributed by atoms with van der Waals surface area (Å²) in [5.41, 5.74) is 0.608. The van der Waals surface area contributed by atoms with Crippen LogP contribution in [0, 0.1) is 0 Å². The summed E-state index contributed by atoms with van der Waals surface area (Å²) in [6, 6.07) is 4.16.